The van der Waals surface area contributed by atoms with Gasteiger partial charge in [0.25, 0.3) is 0 Å². The normalized spacial score (nSPS) is 16.9. The minimum absolute atomic E-state index is 0.329. The molecule has 1 aromatic carbocycles. The smallest absolute Gasteiger partial charge is 0.178 e. The second kappa shape index (κ2) is 4.45. The fourth-order valence-corrected chi connectivity index (χ4v) is 1.90. The van der Waals surface area contributed by atoms with Crippen LogP contribution in [-0.4, -0.2) is 19.8 Å². The third-order valence-corrected chi connectivity index (χ3v) is 3.25. The summed E-state index contributed by atoms with van der Waals surface area (Å²) in [5.41, 5.74) is -1.01. The maximum Gasteiger partial charge on any atom is 0.178 e. The zero-order valence-corrected chi connectivity index (χ0v) is 9.84. The monoisotopic (exact) mass is 239 g/mol. The van der Waals surface area contributed by atoms with E-state index < -0.39 is 18.4 Å². The van der Waals surface area contributed by atoms with Gasteiger partial charge in [0, 0.05) is 11.4 Å². The van der Waals surface area contributed by atoms with E-state index in [4.69, 9.17) is 4.42 Å². The highest BCUT2D eigenvalue weighted by Gasteiger charge is 2.38. The van der Waals surface area contributed by atoms with Gasteiger partial charge in [0.05, 0.1) is 6.26 Å². The van der Waals surface area contributed by atoms with Crippen LogP contribution in [0.5, 0.6) is 0 Å². The largest absolute Gasteiger partial charge is 0.464 e. The SMILES string of the molecule is CNC(C)C(F)(CF)c1ccc2occc2c1. The molecule has 92 valence electrons. The van der Waals surface area contributed by atoms with Gasteiger partial charge in [0.15, 0.2) is 5.67 Å². The first-order chi connectivity index (χ1) is 8.11. The zero-order chi connectivity index (χ0) is 12.5. The van der Waals surface area contributed by atoms with Gasteiger partial charge >= 0.3 is 0 Å². The Balaban J connectivity index is 2.48. The van der Waals surface area contributed by atoms with Crippen LogP contribution >= 0.6 is 0 Å². The molecule has 0 aliphatic heterocycles. The molecule has 0 aliphatic carbocycles. The van der Waals surface area contributed by atoms with Crippen LogP contribution in [0, 0.1) is 0 Å². The second-order valence-electron chi connectivity index (χ2n) is 4.18. The Kier molecular flexibility index (Phi) is 3.15. The summed E-state index contributed by atoms with van der Waals surface area (Å²) in [6, 6.07) is 6.00. The molecule has 0 saturated heterocycles. The van der Waals surface area contributed by atoms with Crippen molar-refractivity contribution in [3.8, 4) is 0 Å². The summed E-state index contributed by atoms with van der Waals surface area (Å²) in [6.07, 6.45) is 1.53. The highest BCUT2D eigenvalue weighted by Crippen LogP contribution is 2.32. The van der Waals surface area contributed by atoms with Crippen molar-refractivity contribution in [3.05, 3.63) is 36.1 Å². The van der Waals surface area contributed by atoms with E-state index in [0.29, 0.717) is 11.1 Å². The van der Waals surface area contributed by atoms with E-state index in [1.54, 1.807) is 38.2 Å². The maximum absolute atomic E-state index is 14.6. The molecule has 17 heavy (non-hydrogen) atoms. The highest BCUT2D eigenvalue weighted by molar-refractivity contribution is 5.78. The molecule has 0 saturated carbocycles. The van der Waals surface area contributed by atoms with Crippen LogP contribution in [0.4, 0.5) is 8.78 Å². The average Bonchev–Trinajstić information content (AvgIpc) is 2.83. The minimum Gasteiger partial charge on any atom is -0.464 e. The number of furan rings is 1. The third kappa shape index (κ3) is 1.93. The van der Waals surface area contributed by atoms with Crippen LogP contribution in [-0.2, 0) is 5.67 Å². The van der Waals surface area contributed by atoms with Crippen LogP contribution in [0.3, 0.4) is 0 Å². The van der Waals surface area contributed by atoms with E-state index in [1.165, 1.54) is 6.26 Å². The van der Waals surface area contributed by atoms with E-state index in [1.807, 2.05) is 0 Å². The molecule has 1 N–H and O–H groups in total. The lowest BCUT2D eigenvalue weighted by Crippen LogP contribution is -2.43. The molecular formula is C13H15F2NO. The standard InChI is InChI=1S/C13H15F2NO/c1-9(16-2)13(15,8-14)11-3-4-12-10(7-11)5-6-17-12/h3-7,9,16H,8H2,1-2H3. The number of benzene rings is 1. The molecule has 0 spiro atoms. The molecule has 0 radical (unpaired) electrons. The quantitative estimate of drug-likeness (QED) is 0.886. The van der Waals surface area contributed by atoms with E-state index in [0.717, 1.165) is 5.39 Å². The molecule has 4 heteroatoms. The number of nitrogens with one attached hydrogen (secondary N) is 1. The Hall–Kier alpha value is -1.42. The Labute approximate surface area is 98.6 Å². The summed E-state index contributed by atoms with van der Waals surface area (Å²) in [4.78, 5) is 0. The summed E-state index contributed by atoms with van der Waals surface area (Å²) in [6.45, 7) is 0.567. The van der Waals surface area contributed by atoms with Crippen molar-refractivity contribution in [1.82, 2.24) is 5.32 Å². The molecule has 0 fully saturated rings. The number of fused-ring (bicyclic) bond motifs is 1. The zero-order valence-electron chi connectivity index (χ0n) is 9.84. The van der Waals surface area contributed by atoms with Crippen molar-refractivity contribution in [1.29, 1.82) is 0 Å². The average molecular weight is 239 g/mol. The number of halogens is 2. The predicted octanol–water partition coefficient (Wildman–Crippen LogP) is 3.18. The fourth-order valence-electron chi connectivity index (χ4n) is 1.90. The number of alkyl halides is 2. The number of hydrogen-bond donors (Lipinski definition) is 1. The number of rotatable bonds is 4. The fraction of sp³-hybridized carbons (Fsp3) is 0.385. The molecule has 0 bridgehead atoms. The lowest BCUT2D eigenvalue weighted by atomic mass is 9.89. The van der Waals surface area contributed by atoms with E-state index in [2.05, 4.69) is 5.32 Å². The van der Waals surface area contributed by atoms with Gasteiger partial charge in [-0.15, -0.1) is 0 Å². The molecule has 1 heterocycles. The van der Waals surface area contributed by atoms with Gasteiger partial charge < -0.3 is 9.73 Å². The van der Waals surface area contributed by atoms with E-state index in [9.17, 15) is 8.78 Å². The Morgan fingerprint density at radius 3 is 2.82 bits per heavy atom. The van der Waals surface area contributed by atoms with Crippen molar-refractivity contribution in [2.24, 2.45) is 0 Å². The summed E-state index contributed by atoms with van der Waals surface area (Å²) in [5.74, 6) is 0. The van der Waals surface area contributed by atoms with Crippen molar-refractivity contribution < 1.29 is 13.2 Å². The maximum atomic E-state index is 14.6. The van der Waals surface area contributed by atoms with Crippen molar-refractivity contribution in [2.45, 2.75) is 18.6 Å². The lowest BCUT2D eigenvalue weighted by molar-refractivity contribution is 0.0802. The predicted molar refractivity (Wildman–Crippen MR) is 63.5 cm³/mol. The van der Waals surface area contributed by atoms with Crippen molar-refractivity contribution >= 4 is 11.0 Å². The first-order valence-corrected chi connectivity index (χ1v) is 5.51. The van der Waals surface area contributed by atoms with Crippen molar-refractivity contribution in [2.75, 3.05) is 13.7 Å². The van der Waals surface area contributed by atoms with Crippen LogP contribution in [0.25, 0.3) is 11.0 Å². The minimum atomic E-state index is -2.01. The van der Waals surface area contributed by atoms with Gasteiger partial charge in [-0.3, -0.25) is 0 Å². The molecule has 0 aliphatic rings. The van der Waals surface area contributed by atoms with Gasteiger partial charge in [0.1, 0.15) is 12.3 Å². The van der Waals surface area contributed by atoms with E-state index in [-0.39, 0.29) is 0 Å². The van der Waals surface area contributed by atoms with Crippen LogP contribution < -0.4 is 5.32 Å². The first-order valence-electron chi connectivity index (χ1n) is 5.51. The summed E-state index contributed by atoms with van der Waals surface area (Å²) in [5, 5.41) is 3.54. The first kappa shape index (κ1) is 12.0. The van der Waals surface area contributed by atoms with Crippen LogP contribution in [0.1, 0.15) is 12.5 Å². The molecule has 2 rings (SSSR count). The molecule has 2 unspecified atom stereocenters. The molecule has 2 atom stereocenters. The Morgan fingerprint density at radius 2 is 2.18 bits per heavy atom. The topological polar surface area (TPSA) is 25.2 Å². The summed E-state index contributed by atoms with van der Waals surface area (Å²) >= 11 is 0. The van der Waals surface area contributed by atoms with E-state index >= 15 is 0 Å². The van der Waals surface area contributed by atoms with Gasteiger partial charge in [-0.25, -0.2) is 8.78 Å². The van der Waals surface area contributed by atoms with Crippen LogP contribution in [0.15, 0.2) is 34.9 Å². The Bertz CT molecular complexity index is 511. The van der Waals surface area contributed by atoms with Gasteiger partial charge in [-0.1, -0.05) is 6.07 Å². The van der Waals surface area contributed by atoms with Crippen LogP contribution in [0.2, 0.25) is 0 Å². The lowest BCUT2D eigenvalue weighted by Gasteiger charge is -2.29. The van der Waals surface area contributed by atoms with Gasteiger partial charge in [-0.2, -0.15) is 0 Å². The second-order valence-corrected chi connectivity index (χ2v) is 4.18. The van der Waals surface area contributed by atoms with Gasteiger partial charge in [0.2, 0.25) is 0 Å². The number of hydrogen-bond acceptors (Lipinski definition) is 2. The summed E-state index contributed by atoms with van der Waals surface area (Å²) < 4.78 is 32.8. The molecular weight excluding hydrogens is 224 g/mol. The summed E-state index contributed by atoms with van der Waals surface area (Å²) in [7, 11) is 1.62. The molecule has 2 aromatic rings. The molecule has 0 amide bonds. The Morgan fingerprint density at radius 1 is 1.41 bits per heavy atom. The third-order valence-electron chi connectivity index (χ3n) is 3.25. The number of likely N-dealkylation sites (N-methyl/N-ethyl adjacent to an activating group) is 1. The molecule has 1 aromatic heterocycles. The molecule has 2 nitrogen and oxygen atoms in total. The van der Waals surface area contributed by atoms with Crippen molar-refractivity contribution in [3.63, 3.8) is 0 Å². The highest BCUT2D eigenvalue weighted by atomic mass is 19.2. The van der Waals surface area contributed by atoms with Gasteiger partial charge in [-0.05, 0) is 37.7 Å².